The molecule has 0 bridgehead atoms. The van der Waals surface area contributed by atoms with Gasteiger partial charge < -0.3 is 4.90 Å². The largest absolute Gasteiger partial charge is 0.310 e. The molecular formula is C26H31N. The molecule has 0 spiro atoms. The minimum Gasteiger partial charge on any atom is -0.310 e. The highest BCUT2D eigenvalue weighted by Gasteiger charge is 2.27. The van der Waals surface area contributed by atoms with E-state index >= 15 is 0 Å². The fraction of sp³-hybridized carbons (Fsp3) is 0.308. The van der Waals surface area contributed by atoms with Crippen LogP contribution < -0.4 is 4.90 Å². The zero-order chi connectivity index (χ0) is 19.4. The number of benzene rings is 3. The molecule has 0 atom stereocenters. The molecule has 0 heterocycles. The maximum absolute atomic E-state index is 2.40. The first-order chi connectivity index (χ1) is 13.0. The van der Waals surface area contributed by atoms with Gasteiger partial charge in [-0.1, -0.05) is 74.4 Å². The molecule has 0 radical (unpaired) electrons. The van der Waals surface area contributed by atoms with Crippen LogP contribution in [0.2, 0.25) is 0 Å². The maximum Gasteiger partial charge on any atom is 0.0499 e. The van der Waals surface area contributed by atoms with Crippen molar-refractivity contribution in [2.75, 3.05) is 4.90 Å². The lowest BCUT2D eigenvalue weighted by Crippen LogP contribution is -2.23. The maximum atomic E-state index is 2.40. The highest BCUT2D eigenvalue weighted by atomic mass is 15.1. The van der Waals surface area contributed by atoms with Gasteiger partial charge in [-0.15, -0.1) is 0 Å². The molecule has 27 heavy (non-hydrogen) atoms. The van der Waals surface area contributed by atoms with Gasteiger partial charge in [-0.25, -0.2) is 0 Å². The molecule has 0 aliphatic carbocycles. The van der Waals surface area contributed by atoms with Gasteiger partial charge >= 0.3 is 0 Å². The average Bonchev–Trinajstić information content (AvgIpc) is 2.71. The van der Waals surface area contributed by atoms with Crippen LogP contribution in [0.4, 0.5) is 17.1 Å². The van der Waals surface area contributed by atoms with Crippen LogP contribution in [0, 0.1) is 13.8 Å². The van der Waals surface area contributed by atoms with E-state index in [-0.39, 0.29) is 5.41 Å². The molecule has 140 valence electrons. The van der Waals surface area contributed by atoms with Gasteiger partial charge in [0.05, 0.1) is 0 Å². The minimum absolute atomic E-state index is 0.157. The zero-order valence-corrected chi connectivity index (χ0v) is 17.3. The van der Waals surface area contributed by atoms with Crippen molar-refractivity contribution in [1.82, 2.24) is 0 Å². The molecule has 0 amide bonds. The summed E-state index contributed by atoms with van der Waals surface area (Å²) in [5.41, 5.74) is 7.81. The molecule has 3 rings (SSSR count). The van der Waals surface area contributed by atoms with E-state index in [0.717, 1.165) is 12.8 Å². The molecule has 1 heteroatoms. The number of para-hydroxylation sites is 1. The van der Waals surface area contributed by atoms with E-state index in [1.165, 1.54) is 33.8 Å². The fourth-order valence-electron chi connectivity index (χ4n) is 3.62. The zero-order valence-electron chi connectivity index (χ0n) is 17.3. The quantitative estimate of drug-likeness (QED) is 0.434. The first-order valence-electron chi connectivity index (χ1n) is 10.0. The number of anilines is 3. The Bertz CT molecular complexity index is 825. The van der Waals surface area contributed by atoms with Crippen LogP contribution in [-0.2, 0) is 5.41 Å². The first-order valence-corrected chi connectivity index (χ1v) is 10.0. The second-order valence-electron chi connectivity index (χ2n) is 7.79. The lowest BCUT2D eigenvalue weighted by Gasteiger charge is -2.35. The van der Waals surface area contributed by atoms with Gasteiger partial charge in [0.2, 0.25) is 0 Å². The number of hydrogen-bond acceptors (Lipinski definition) is 1. The average molecular weight is 358 g/mol. The molecule has 0 aromatic heterocycles. The van der Waals surface area contributed by atoms with Crippen LogP contribution in [0.5, 0.6) is 0 Å². The van der Waals surface area contributed by atoms with E-state index in [1.807, 2.05) is 0 Å². The van der Waals surface area contributed by atoms with Crippen LogP contribution in [0.3, 0.4) is 0 Å². The van der Waals surface area contributed by atoms with E-state index in [1.54, 1.807) is 0 Å². The van der Waals surface area contributed by atoms with Crippen LogP contribution in [-0.4, -0.2) is 0 Å². The lowest BCUT2D eigenvalue weighted by molar-refractivity contribution is 0.440. The van der Waals surface area contributed by atoms with Crippen molar-refractivity contribution < 1.29 is 0 Å². The molecular weight excluding hydrogens is 326 g/mol. The Balaban J connectivity index is 2.23. The summed E-state index contributed by atoms with van der Waals surface area (Å²) < 4.78 is 0. The number of nitrogens with zero attached hydrogens (tertiary/aromatic N) is 1. The number of aryl methyl sites for hydroxylation is 2. The van der Waals surface area contributed by atoms with E-state index < -0.39 is 0 Å². The molecule has 0 N–H and O–H groups in total. The Labute approximate surface area is 164 Å². The number of hydrogen-bond donors (Lipinski definition) is 0. The van der Waals surface area contributed by atoms with Crippen molar-refractivity contribution in [3.8, 4) is 0 Å². The third kappa shape index (κ3) is 3.93. The Hall–Kier alpha value is -2.54. The molecule has 0 saturated heterocycles. The topological polar surface area (TPSA) is 3.24 Å². The van der Waals surface area contributed by atoms with Crippen molar-refractivity contribution >= 4 is 17.1 Å². The number of rotatable bonds is 6. The molecule has 0 fully saturated rings. The van der Waals surface area contributed by atoms with E-state index in [9.17, 15) is 0 Å². The van der Waals surface area contributed by atoms with Gasteiger partial charge in [-0.2, -0.15) is 0 Å². The molecule has 0 aliphatic heterocycles. The predicted octanol–water partition coefficient (Wildman–Crippen LogP) is 7.85. The standard InChI is InChI=1S/C26H31N/c1-6-26(5,7-2)24-10-8-9-11-25(24)27(22-16-12-20(3)13-17-22)23-18-14-21(4)15-19-23/h8-19H,6-7H2,1-5H3. The van der Waals surface area contributed by atoms with Gasteiger partial charge in [-0.05, 0) is 68.0 Å². The minimum atomic E-state index is 0.157. The first kappa shape index (κ1) is 19.2. The van der Waals surface area contributed by atoms with Gasteiger partial charge in [0.15, 0.2) is 0 Å². The second kappa shape index (κ2) is 8.00. The van der Waals surface area contributed by atoms with Gasteiger partial charge in [-0.3, -0.25) is 0 Å². The monoisotopic (exact) mass is 357 g/mol. The van der Waals surface area contributed by atoms with E-state index in [2.05, 4.69) is 112 Å². The molecule has 1 nitrogen and oxygen atoms in total. The van der Waals surface area contributed by atoms with Crippen molar-refractivity contribution in [2.24, 2.45) is 0 Å². The van der Waals surface area contributed by atoms with Crippen LogP contribution >= 0.6 is 0 Å². The van der Waals surface area contributed by atoms with E-state index in [4.69, 9.17) is 0 Å². The molecule has 3 aromatic rings. The molecule has 0 aliphatic rings. The summed E-state index contributed by atoms with van der Waals surface area (Å²) in [6, 6.07) is 26.6. The third-order valence-electron chi connectivity index (χ3n) is 5.94. The van der Waals surface area contributed by atoms with Gasteiger partial charge in [0.1, 0.15) is 0 Å². The van der Waals surface area contributed by atoms with Gasteiger partial charge in [0, 0.05) is 17.1 Å². The van der Waals surface area contributed by atoms with Crippen molar-refractivity contribution in [3.63, 3.8) is 0 Å². The SMILES string of the molecule is CCC(C)(CC)c1ccccc1N(c1ccc(C)cc1)c1ccc(C)cc1. The van der Waals surface area contributed by atoms with Crippen LogP contribution in [0.1, 0.15) is 50.3 Å². The molecule has 0 unspecified atom stereocenters. The Morgan fingerprint density at radius 3 is 1.56 bits per heavy atom. The summed E-state index contributed by atoms with van der Waals surface area (Å²) in [6.07, 6.45) is 2.24. The highest BCUT2D eigenvalue weighted by molar-refractivity contribution is 5.79. The summed E-state index contributed by atoms with van der Waals surface area (Å²) in [5.74, 6) is 0. The van der Waals surface area contributed by atoms with E-state index in [0.29, 0.717) is 0 Å². The summed E-state index contributed by atoms with van der Waals surface area (Å²) in [7, 11) is 0. The van der Waals surface area contributed by atoms with Crippen molar-refractivity contribution in [3.05, 3.63) is 89.5 Å². The Kier molecular flexibility index (Phi) is 5.70. The third-order valence-corrected chi connectivity index (χ3v) is 5.94. The summed E-state index contributed by atoms with van der Waals surface area (Å²) >= 11 is 0. The highest BCUT2D eigenvalue weighted by Crippen LogP contribution is 2.43. The summed E-state index contributed by atoms with van der Waals surface area (Å²) in [4.78, 5) is 2.40. The normalized spacial score (nSPS) is 11.4. The molecule has 3 aromatic carbocycles. The summed E-state index contributed by atoms with van der Waals surface area (Å²) in [6.45, 7) is 11.2. The summed E-state index contributed by atoms with van der Waals surface area (Å²) in [5, 5.41) is 0. The molecule has 0 saturated carbocycles. The Morgan fingerprint density at radius 2 is 1.11 bits per heavy atom. The smallest absolute Gasteiger partial charge is 0.0499 e. The van der Waals surface area contributed by atoms with Crippen LogP contribution in [0.25, 0.3) is 0 Å². The Morgan fingerprint density at radius 1 is 0.667 bits per heavy atom. The fourth-order valence-corrected chi connectivity index (χ4v) is 3.62. The van der Waals surface area contributed by atoms with Gasteiger partial charge in [0.25, 0.3) is 0 Å². The van der Waals surface area contributed by atoms with Crippen molar-refractivity contribution in [1.29, 1.82) is 0 Å². The van der Waals surface area contributed by atoms with Crippen molar-refractivity contribution in [2.45, 2.75) is 52.9 Å². The predicted molar refractivity (Wildman–Crippen MR) is 119 cm³/mol. The second-order valence-corrected chi connectivity index (χ2v) is 7.79. The lowest BCUT2D eigenvalue weighted by atomic mass is 9.76. The van der Waals surface area contributed by atoms with Crippen LogP contribution in [0.15, 0.2) is 72.8 Å².